The number of fused-ring (bicyclic) bond motifs is 1. The van der Waals surface area contributed by atoms with Gasteiger partial charge in [-0.25, -0.2) is 4.98 Å². The third-order valence-electron chi connectivity index (χ3n) is 4.60. The minimum atomic E-state index is 0.297. The van der Waals surface area contributed by atoms with Gasteiger partial charge >= 0.3 is 0 Å². The zero-order chi connectivity index (χ0) is 18.2. The number of aryl methyl sites for hydroxylation is 1. The second kappa shape index (κ2) is 9.54. The maximum Gasteiger partial charge on any atom is 0.191 e. The van der Waals surface area contributed by atoms with Gasteiger partial charge < -0.3 is 24.7 Å². The van der Waals surface area contributed by atoms with Crippen LogP contribution in [0, 0.1) is 0 Å². The molecule has 0 aliphatic carbocycles. The monoisotopic (exact) mass is 359 g/mol. The fourth-order valence-corrected chi connectivity index (χ4v) is 3.11. The summed E-state index contributed by atoms with van der Waals surface area (Å²) in [5.74, 6) is 1.75. The number of para-hydroxylation sites is 2. The minimum absolute atomic E-state index is 0.297. The van der Waals surface area contributed by atoms with E-state index in [1.165, 1.54) is 0 Å². The molecule has 2 heterocycles. The molecule has 0 amide bonds. The summed E-state index contributed by atoms with van der Waals surface area (Å²) in [4.78, 5) is 8.93. The first-order valence-electron chi connectivity index (χ1n) is 9.32. The van der Waals surface area contributed by atoms with Crippen LogP contribution < -0.4 is 10.6 Å². The van der Waals surface area contributed by atoms with Crippen LogP contribution in [0.2, 0.25) is 0 Å². The molecular formula is C19H29N5O2. The van der Waals surface area contributed by atoms with Crippen molar-refractivity contribution >= 4 is 17.0 Å². The molecule has 1 fully saturated rings. The van der Waals surface area contributed by atoms with E-state index >= 15 is 0 Å². The van der Waals surface area contributed by atoms with Crippen molar-refractivity contribution in [3.63, 3.8) is 0 Å². The summed E-state index contributed by atoms with van der Waals surface area (Å²) in [6.45, 7) is 3.76. The van der Waals surface area contributed by atoms with Crippen LogP contribution in [0.1, 0.15) is 25.1 Å². The summed E-state index contributed by atoms with van der Waals surface area (Å²) in [5.41, 5.74) is 2.15. The lowest BCUT2D eigenvalue weighted by molar-refractivity contribution is 0.0168. The van der Waals surface area contributed by atoms with Gasteiger partial charge in [-0.15, -0.1) is 0 Å². The van der Waals surface area contributed by atoms with Crippen molar-refractivity contribution in [2.45, 2.75) is 31.9 Å². The van der Waals surface area contributed by atoms with E-state index in [1.54, 1.807) is 7.05 Å². The first-order chi connectivity index (χ1) is 12.8. The molecule has 1 aromatic heterocycles. The van der Waals surface area contributed by atoms with E-state index in [-0.39, 0.29) is 0 Å². The molecule has 7 nitrogen and oxygen atoms in total. The highest BCUT2D eigenvalue weighted by Crippen LogP contribution is 2.14. The first kappa shape index (κ1) is 18.7. The molecule has 0 spiro atoms. The van der Waals surface area contributed by atoms with Gasteiger partial charge in [-0.1, -0.05) is 12.1 Å². The van der Waals surface area contributed by atoms with Gasteiger partial charge in [0.25, 0.3) is 0 Å². The molecule has 2 N–H and O–H groups in total. The highest BCUT2D eigenvalue weighted by atomic mass is 16.5. The fourth-order valence-electron chi connectivity index (χ4n) is 3.11. The third kappa shape index (κ3) is 4.95. The highest BCUT2D eigenvalue weighted by Gasteiger charge is 2.14. The normalized spacial score (nSPS) is 17.8. The van der Waals surface area contributed by atoms with E-state index in [0.29, 0.717) is 19.3 Å². The number of imidazole rings is 1. The Balaban J connectivity index is 1.35. The molecule has 1 aromatic carbocycles. The molecule has 142 valence electrons. The number of aromatic nitrogens is 2. The number of aliphatic imine (C=N–C) groups is 1. The van der Waals surface area contributed by atoms with E-state index in [9.17, 15) is 0 Å². The van der Waals surface area contributed by atoms with Crippen LogP contribution in [-0.2, 0) is 23.1 Å². The Bertz CT molecular complexity index is 722. The minimum Gasteiger partial charge on any atom is -0.379 e. The van der Waals surface area contributed by atoms with Crippen molar-refractivity contribution in [3.05, 3.63) is 30.1 Å². The van der Waals surface area contributed by atoms with E-state index < -0.39 is 0 Å². The average molecular weight is 359 g/mol. The summed E-state index contributed by atoms with van der Waals surface area (Å²) in [7, 11) is 3.81. The Hall–Kier alpha value is -2.12. The van der Waals surface area contributed by atoms with E-state index in [4.69, 9.17) is 9.47 Å². The number of nitrogens with zero attached hydrogens (tertiary/aromatic N) is 3. The highest BCUT2D eigenvalue weighted by molar-refractivity contribution is 5.80. The fraction of sp³-hybridized carbons (Fsp3) is 0.579. The van der Waals surface area contributed by atoms with Gasteiger partial charge in [-0.3, -0.25) is 4.99 Å². The van der Waals surface area contributed by atoms with Crippen molar-refractivity contribution in [3.8, 4) is 0 Å². The van der Waals surface area contributed by atoms with E-state index in [2.05, 4.69) is 31.2 Å². The summed E-state index contributed by atoms with van der Waals surface area (Å²) >= 11 is 0. The van der Waals surface area contributed by atoms with Gasteiger partial charge in [0.1, 0.15) is 5.82 Å². The average Bonchev–Trinajstić information content (AvgIpc) is 3.29. The van der Waals surface area contributed by atoms with E-state index in [1.807, 2.05) is 25.2 Å². The van der Waals surface area contributed by atoms with Crippen LogP contribution in [0.4, 0.5) is 0 Å². The number of rotatable bonds is 8. The Morgan fingerprint density at radius 3 is 3.04 bits per heavy atom. The zero-order valence-electron chi connectivity index (χ0n) is 15.7. The van der Waals surface area contributed by atoms with Gasteiger partial charge in [0.15, 0.2) is 5.96 Å². The topological polar surface area (TPSA) is 72.7 Å². The summed E-state index contributed by atoms with van der Waals surface area (Å²) in [5, 5.41) is 6.63. The third-order valence-corrected chi connectivity index (χ3v) is 4.60. The quantitative estimate of drug-likeness (QED) is 0.427. The standard InChI is InChI=1S/C19H29N5O2/c1-20-19(21-10-6-11-25-14-15-7-5-12-26-15)22-13-18-23-16-8-3-4-9-17(16)24(18)2/h3-4,8-9,15H,5-7,10-14H2,1-2H3,(H2,20,21,22). The van der Waals surface area contributed by atoms with Crippen molar-refractivity contribution in [1.29, 1.82) is 0 Å². The SMILES string of the molecule is CN=C(NCCCOCC1CCCO1)NCc1nc2ccccc2n1C. The molecular weight excluding hydrogens is 330 g/mol. The Morgan fingerprint density at radius 2 is 2.27 bits per heavy atom. The van der Waals surface area contributed by atoms with Crippen LogP contribution in [0.5, 0.6) is 0 Å². The molecule has 1 aliphatic heterocycles. The first-order valence-corrected chi connectivity index (χ1v) is 9.32. The summed E-state index contributed by atoms with van der Waals surface area (Å²) in [6, 6.07) is 8.15. The predicted molar refractivity (Wildman–Crippen MR) is 103 cm³/mol. The van der Waals surface area contributed by atoms with Crippen LogP contribution in [0.3, 0.4) is 0 Å². The number of hydrogen-bond donors (Lipinski definition) is 2. The Morgan fingerprint density at radius 1 is 1.38 bits per heavy atom. The number of ether oxygens (including phenoxy) is 2. The molecule has 7 heteroatoms. The molecule has 1 unspecified atom stereocenters. The molecule has 0 bridgehead atoms. The van der Waals surface area contributed by atoms with Crippen molar-refractivity contribution in [2.24, 2.45) is 12.0 Å². The molecule has 3 rings (SSSR count). The van der Waals surface area contributed by atoms with Gasteiger partial charge in [0.05, 0.1) is 30.3 Å². The number of benzene rings is 1. The van der Waals surface area contributed by atoms with Gasteiger partial charge in [0.2, 0.25) is 0 Å². The van der Waals surface area contributed by atoms with Gasteiger partial charge in [0, 0.05) is 33.9 Å². The Kier molecular flexibility index (Phi) is 6.85. The number of guanidine groups is 1. The molecule has 0 saturated carbocycles. The van der Waals surface area contributed by atoms with Gasteiger partial charge in [-0.05, 0) is 31.4 Å². The molecule has 1 saturated heterocycles. The molecule has 0 radical (unpaired) electrons. The van der Waals surface area contributed by atoms with Crippen LogP contribution >= 0.6 is 0 Å². The van der Waals surface area contributed by atoms with Crippen molar-refractivity contribution in [2.75, 3.05) is 33.4 Å². The smallest absolute Gasteiger partial charge is 0.191 e. The Labute approximate surface area is 154 Å². The lowest BCUT2D eigenvalue weighted by Crippen LogP contribution is -2.38. The maximum atomic E-state index is 5.67. The van der Waals surface area contributed by atoms with Crippen LogP contribution in [0.25, 0.3) is 11.0 Å². The van der Waals surface area contributed by atoms with Crippen LogP contribution in [-0.4, -0.2) is 55.0 Å². The lowest BCUT2D eigenvalue weighted by Gasteiger charge is -2.13. The van der Waals surface area contributed by atoms with E-state index in [0.717, 1.165) is 61.8 Å². The molecule has 1 aliphatic rings. The predicted octanol–water partition coefficient (Wildman–Crippen LogP) is 1.82. The van der Waals surface area contributed by atoms with Crippen molar-refractivity contribution < 1.29 is 9.47 Å². The van der Waals surface area contributed by atoms with Gasteiger partial charge in [-0.2, -0.15) is 0 Å². The second-order valence-electron chi connectivity index (χ2n) is 6.49. The van der Waals surface area contributed by atoms with Crippen molar-refractivity contribution in [1.82, 2.24) is 20.2 Å². The molecule has 1 atom stereocenters. The maximum absolute atomic E-state index is 5.67. The zero-order valence-corrected chi connectivity index (χ0v) is 15.7. The molecule has 26 heavy (non-hydrogen) atoms. The lowest BCUT2D eigenvalue weighted by atomic mass is 10.2. The second-order valence-corrected chi connectivity index (χ2v) is 6.49. The molecule has 2 aromatic rings. The summed E-state index contributed by atoms with van der Waals surface area (Å²) < 4.78 is 13.3. The summed E-state index contributed by atoms with van der Waals surface area (Å²) in [6.07, 6.45) is 3.51. The number of hydrogen-bond acceptors (Lipinski definition) is 4. The largest absolute Gasteiger partial charge is 0.379 e. The number of nitrogens with one attached hydrogen (secondary N) is 2. The van der Waals surface area contributed by atoms with Crippen LogP contribution in [0.15, 0.2) is 29.3 Å².